The van der Waals surface area contributed by atoms with Gasteiger partial charge in [0.2, 0.25) is 0 Å². The maximum absolute atomic E-state index is 11.9. The molecule has 3 rings (SSSR count). The van der Waals surface area contributed by atoms with E-state index < -0.39 is 11.4 Å². The Kier molecular flexibility index (Phi) is 3.58. The van der Waals surface area contributed by atoms with Crippen molar-refractivity contribution in [3.05, 3.63) is 24.3 Å². The minimum absolute atomic E-state index is 0.0941. The molecule has 122 valence electrons. The maximum atomic E-state index is 11.9. The van der Waals surface area contributed by atoms with Crippen molar-refractivity contribution in [3.8, 4) is 0 Å². The summed E-state index contributed by atoms with van der Waals surface area (Å²) in [7, 11) is 0. The number of allylic oxidation sites excluding steroid dienone is 3. The van der Waals surface area contributed by atoms with Crippen molar-refractivity contribution >= 4 is 5.97 Å². The van der Waals surface area contributed by atoms with Crippen molar-refractivity contribution < 1.29 is 9.90 Å². The van der Waals surface area contributed by atoms with Gasteiger partial charge in [-0.2, -0.15) is 0 Å². The molecule has 3 aliphatic rings. The van der Waals surface area contributed by atoms with Crippen molar-refractivity contribution in [2.45, 2.75) is 65.7 Å². The Hall–Kier alpha value is -1.05. The molecular formula is C20H30O2. The van der Waals surface area contributed by atoms with Crippen LogP contribution in [0.4, 0.5) is 0 Å². The highest BCUT2D eigenvalue weighted by molar-refractivity contribution is 5.75. The zero-order valence-electron chi connectivity index (χ0n) is 14.3. The van der Waals surface area contributed by atoms with Gasteiger partial charge in [-0.1, -0.05) is 38.0 Å². The largest absolute Gasteiger partial charge is 0.481 e. The quantitative estimate of drug-likeness (QED) is 0.711. The van der Waals surface area contributed by atoms with E-state index in [1.54, 1.807) is 5.57 Å². The number of fused-ring (bicyclic) bond motifs is 3. The Morgan fingerprint density at radius 1 is 1.32 bits per heavy atom. The Labute approximate surface area is 134 Å². The van der Waals surface area contributed by atoms with Crippen LogP contribution in [-0.2, 0) is 4.79 Å². The standard InChI is InChI=1S/C20H30O2/c1-5-18(2)12-9-15-14(13-18)7-8-16-19(15,3)10-6-11-20(16,4)17(21)22/h5,9,14,16H,1,6-8,10-13H2,2-4H3,(H,21,22)/t14-,16-,18-,19+,20-/m1/s1. The van der Waals surface area contributed by atoms with Gasteiger partial charge in [0, 0.05) is 0 Å². The summed E-state index contributed by atoms with van der Waals surface area (Å²) in [4.78, 5) is 11.9. The number of carboxylic acids is 1. The highest BCUT2D eigenvalue weighted by Gasteiger charge is 2.57. The first-order valence-corrected chi connectivity index (χ1v) is 8.83. The second-order valence-corrected chi connectivity index (χ2v) is 8.75. The minimum Gasteiger partial charge on any atom is -0.481 e. The van der Waals surface area contributed by atoms with Crippen molar-refractivity contribution in [3.63, 3.8) is 0 Å². The van der Waals surface area contributed by atoms with E-state index in [9.17, 15) is 9.90 Å². The number of carbonyl (C=O) groups is 1. The predicted molar refractivity (Wildman–Crippen MR) is 89.5 cm³/mol. The molecule has 2 heteroatoms. The van der Waals surface area contributed by atoms with E-state index in [4.69, 9.17) is 0 Å². The maximum Gasteiger partial charge on any atom is 0.309 e. The molecule has 0 spiro atoms. The van der Waals surface area contributed by atoms with E-state index in [0.29, 0.717) is 11.8 Å². The first-order chi connectivity index (χ1) is 10.3. The highest BCUT2D eigenvalue weighted by Crippen LogP contribution is 2.63. The van der Waals surface area contributed by atoms with Crippen molar-refractivity contribution in [2.75, 3.05) is 0 Å². The molecule has 5 atom stereocenters. The van der Waals surface area contributed by atoms with E-state index in [1.165, 1.54) is 6.42 Å². The number of hydrogen-bond donors (Lipinski definition) is 1. The summed E-state index contributed by atoms with van der Waals surface area (Å²) < 4.78 is 0. The van der Waals surface area contributed by atoms with E-state index in [2.05, 4.69) is 32.6 Å². The fourth-order valence-corrected chi connectivity index (χ4v) is 5.87. The molecule has 2 saturated carbocycles. The molecule has 2 fully saturated rings. The molecule has 0 radical (unpaired) electrons. The predicted octanol–water partition coefficient (Wildman–Crippen LogP) is 5.21. The van der Waals surface area contributed by atoms with E-state index >= 15 is 0 Å². The van der Waals surface area contributed by atoms with Gasteiger partial charge in [-0.25, -0.2) is 0 Å². The van der Waals surface area contributed by atoms with Crippen molar-refractivity contribution in [1.82, 2.24) is 0 Å². The van der Waals surface area contributed by atoms with Gasteiger partial charge in [-0.15, -0.1) is 6.58 Å². The van der Waals surface area contributed by atoms with Crippen LogP contribution in [0.5, 0.6) is 0 Å². The summed E-state index contributed by atoms with van der Waals surface area (Å²) in [5.74, 6) is 0.338. The SMILES string of the molecule is C=C[C@]1(C)CC=C2[C@H](CC[C@H]3[C@](C)(C(=O)O)CCC[C@@]23C)C1. The second kappa shape index (κ2) is 4.97. The lowest BCUT2D eigenvalue weighted by Crippen LogP contribution is -2.52. The molecule has 0 aliphatic heterocycles. The molecule has 0 bridgehead atoms. The molecular weight excluding hydrogens is 272 g/mol. The summed E-state index contributed by atoms with van der Waals surface area (Å²) in [5, 5.41) is 9.84. The van der Waals surface area contributed by atoms with Crippen LogP contribution in [0.15, 0.2) is 24.3 Å². The molecule has 0 heterocycles. The van der Waals surface area contributed by atoms with Crippen molar-refractivity contribution in [1.29, 1.82) is 0 Å². The smallest absolute Gasteiger partial charge is 0.309 e. The van der Waals surface area contributed by atoms with Crippen LogP contribution in [0.3, 0.4) is 0 Å². The molecule has 3 aliphatic carbocycles. The number of aliphatic carboxylic acids is 1. The van der Waals surface area contributed by atoms with Gasteiger partial charge in [0.05, 0.1) is 5.41 Å². The Bertz CT molecular complexity index is 534. The molecule has 0 amide bonds. The van der Waals surface area contributed by atoms with Crippen LogP contribution in [0.2, 0.25) is 0 Å². The molecule has 1 N–H and O–H groups in total. The molecule has 0 saturated heterocycles. The third-order valence-corrected chi connectivity index (χ3v) is 7.32. The minimum atomic E-state index is -0.589. The zero-order valence-corrected chi connectivity index (χ0v) is 14.3. The van der Waals surface area contributed by atoms with E-state index in [1.807, 2.05) is 6.92 Å². The highest BCUT2D eigenvalue weighted by atomic mass is 16.4. The van der Waals surface area contributed by atoms with Gasteiger partial charge in [0.15, 0.2) is 0 Å². The Morgan fingerprint density at radius 2 is 2.05 bits per heavy atom. The number of hydrogen-bond acceptors (Lipinski definition) is 1. The van der Waals surface area contributed by atoms with Gasteiger partial charge in [-0.3, -0.25) is 4.79 Å². The zero-order chi connectivity index (χ0) is 16.2. The summed E-state index contributed by atoms with van der Waals surface area (Å²) in [6, 6.07) is 0. The Balaban J connectivity index is 1.99. The lowest BCUT2D eigenvalue weighted by Gasteiger charge is -2.58. The average molecular weight is 302 g/mol. The van der Waals surface area contributed by atoms with Gasteiger partial charge >= 0.3 is 5.97 Å². The lowest BCUT2D eigenvalue weighted by molar-refractivity contribution is -0.160. The van der Waals surface area contributed by atoms with Crippen LogP contribution in [0.1, 0.15) is 65.7 Å². The normalized spacial score (nSPS) is 47.9. The summed E-state index contributed by atoms with van der Waals surface area (Å²) >= 11 is 0. The monoisotopic (exact) mass is 302 g/mol. The van der Waals surface area contributed by atoms with Crippen LogP contribution >= 0.6 is 0 Å². The van der Waals surface area contributed by atoms with Crippen LogP contribution in [0.25, 0.3) is 0 Å². The molecule has 22 heavy (non-hydrogen) atoms. The summed E-state index contributed by atoms with van der Waals surface area (Å²) in [6.07, 6.45) is 12.1. The average Bonchev–Trinajstić information content (AvgIpc) is 2.46. The van der Waals surface area contributed by atoms with Gasteiger partial charge in [0.25, 0.3) is 0 Å². The fourth-order valence-electron chi connectivity index (χ4n) is 5.87. The first kappa shape index (κ1) is 15.8. The van der Waals surface area contributed by atoms with Gasteiger partial charge in [0.1, 0.15) is 0 Å². The first-order valence-electron chi connectivity index (χ1n) is 8.83. The third-order valence-electron chi connectivity index (χ3n) is 7.32. The van der Waals surface area contributed by atoms with Gasteiger partial charge in [-0.05, 0) is 68.1 Å². The van der Waals surface area contributed by atoms with Crippen LogP contribution in [0, 0.1) is 28.1 Å². The van der Waals surface area contributed by atoms with Crippen molar-refractivity contribution in [2.24, 2.45) is 28.1 Å². The molecule has 0 aromatic heterocycles. The second-order valence-electron chi connectivity index (χ2n) is 8.75. The van der Waals surface area contributed by atoms with Crippen LogP contribution < -0.4 is 0 Å². The topological polar surface area (TPSA) is 37.3 Å². The van der Waals surface area contributed by atoms with E-state index in [0.717, 1.165) is 38.5 Å². The van der Waals surface area contributed by atoms with Gasteiger partial charge < -0.3 is 5.11 Å². The molecule has 0 aromatic rings. The third kappa shape index (κ3) is 2.10. The molecule has 0 aromatic carbocycles. The van der Waals surface area contributed by atoms with E-state index in [-0.39, 0.29) is 10.8 Å². The fraction of sp³-hybridized carbons (Fsp3) is 0.750. The number of rotatable bonds is 2. The summed E-state index contributed by atoms with van der Waals surface area (Å²) in [6.45, 7) is 10.7. The Morgan fingerprint density at radius 3 is 2.68 bits per heavy atom. The molecule has 2 nitrogen and oxygen atoms in total. The number of carboxylic acid groups (broad SMARTS) is 1. The molecule has 0 unspecified atom stereocenters. The summed E-state index contributed by atoms with van der Waals surface area (Å²) in [5.41, 5.74) is 1.35. The lowest BCUT2D eigenvalue weighted by atomic mass is 9.46. The van der Waals surface area contributed by atoms with Crippen LogP contribution in [-0.4, -0.2) is 11.1 Å².